The molecule has 0 atom stereocenters. The predicted octanol–water partition coefficient (Wildman–Crippen LogP) is 5.49. The van der Waals surface area contributed by atoms with Crippen molar-refractivity contribution >= 4 is 27.0 Å². The van der Waals surface area contributed by atoms with E-state index in [1.165, 1.54) is 11.1 Å². The van der Waals surface area contributed by atoms with E-state index in [0.717, 1.165) is 27.5 Å². The Kier molecular flexibility index (Phi) is 4.00. The summed E-state index contributed by atoms with van der Waals surface area (Å²) in [6.07, 6.45) is 3.72. The lowest BCUT2D eigenvalue weighted by molar-refractivity contribution is 0.590. The van der Waals surface area contributed by atoms with Gasteiger partial charge in [-0.3, -0.25) is 9.97 Å². The molecule has 3 aromatic rings. The fourth-order valence-corrected chi connectivity index (χ4v) is 3.04. The van der Waals surface area contributed by atoms with Crippen molar-refractivity contribution in [1.29, 1.82) is 0 Å². The van der Waals surface area contributed by atoms with Crippen LogP contribution < -0.4 is 0 Å². The first-order valence-corrected chi connectivity index (χ1v) is 8.52. The van der Waals surface area contributed by atoms with Gasteiger partial charge in [0.15, 0.2) is 0 Å². The molecule has 0 spiro atoms. The maximum atomic E-state index is 4.55. The number of aromatic nitrogens is 2. The van der Waals surface area contributed by atoms with Gasteiger partial charge < -0.3 is 0 Å². The van der Waals surface area contributed by atoms with E-state index in [0.29, 0.717) is 0 Å². The van der Waals surface area contributed by atoms with Crippen molar-refractivity contribution < 1.29 is 0 Å². The number of hydrogen-bond acceptors (Lipinski definition) is 2. The molecule has 0 fully saturated rings. The van der Waals surface area contributed by atoms with E-state index in [-0.39, 0.29) is 5.41 Å². The van der Waals surface area contributed by atoms with Gasteiger partial charge in [-0.15, -0.1) is 0 Å². The number of benzene rings is 1. The maximum absolute atomic E-state index is 4.55. The number of fused-ring (bicyclic) bond motifs is 1. The van der Waals surface area contributed by atoms with Gasteiger partial charge >= 0.3 is 0 Å². The molecular weight excluding hydrogens is 336 g/mol. The minimum Gasteiger partial charge on any atom is -0.254 e. The van der Waals surface area contributed by atoms with E-state index in [4.69, 9.17) is 0 Å². The topological polar surface area (TPSA) is 25.8 Å². The van der Waals surface area contributed by atoms with Crippen LogP contribution in [-0.2, 0) is 10.7 Å². The zero-order valence-electron chi connectivity index (χ0n) is 13.1. The van der Waals surface area contributed by atoms with Crippen LogP contribution in [0.4, 0.5) is 0 Å². The molecule has 2 aromatic heterocycles. The molecule has 0 saturated heterocycles. The third kappa shape index (κ3) is 2.78. The quantitative estimate of drug-likeness (QED) is 0.568. The molecule has 0 N–H and O–H groups in total. The first kappa shape index (κ1) is 15.2. The van der Waals surface area contributed by atoms with E-state index in [1.807, 2.05) is 24.5 Å². The molecule has 0 amide bonds. The lowest BCUT2D eigenvalue weighted by atomic mass is 9.86. The van der Waals surface area contributed by atoms with Crippen LogP contribution in [0, 0.1) is 0 Å². The fourth-order valence-electron chi connectivity index (χ4n) is 2.59. The minimum absolute atomic E-state index is 0.167. The van der Waals surface area contributed by atoms with Crippen LogP contribution in [-0.4, -0.2) is 9.97 Å². The van der Waals surface area contributed by atoms with Crippen LogP contribution in [0.15, 0.2) is 48.8 Å². The molecule has 0 aliphatic rings. The van der Waals surface area contributed by atoms with Crippen molar-refractivity contribution in [2.45, 2.75) is 31.5 Å². The molecule has 2 nitrogen and oxygen atoms in total. The van der Waals surface area contributed by atoms with Crippen molar-refractivity contribution in [3.63, 3.8) is 0 Å². The molecule has 3 rings (SSSR count). The van der Waals surface area contributed by atoms with Crippen LogP contribution in [0.1, 0.15) is 31.9 Å². The van der Waals surface area contributed by atoms with Gasteiger partial charge in [0.2, 0.25) is 0 Å². The van der Waals surface area contributed by atoms with Crippen LogP contribution in [0.5, 0.6) is 0 Å². The summed E-state index contributed by atoms with van der Waals surface area (Å²) in [5.41, 5.74) is 6.91. The summed E-state index contributed by atoms with van der Waals surface area (Å²) in [7, 11) is 0. The van der Waals surface area contributed by atoms with E-state index in [2.05, 4.69) is 70.9 Å². The van der Waals surface area contributed by atoms with Gasteiger partial charge in [0.05, 0.1) is 11.0 Å². The summed E-state index contributed by atoms with van der Waals surface area (Å²) in [5, 5.41) is 0.783. The van der Waals surface area contributed by atoms with Gasteiger partial charge in [-0.05, 0) is 34.2 Å². The molecule has 112 valence electrons. The number of nitrogens with zero attached hydrogens (tertiary/aromatic N) is 2. The molecule has 0 unspecified atom stereocenters. The lowest BCUT2D eigenvalue weighted by Crippen LogP contribution is -2.10. The predicted molar refractivity (Wildman–Crippen MR) is 96.3 cm³/mol. The van der Waals surface area contributed by atoms with Crippen molar-refractivity contribution in [2.75, 3.05) is 0 Å². The van der Waals surface area contributed by atoms with Crippen LogP contribution >= 0.6 is 15.9 Å². The Hall–Kier alpha value is -1.74. The largest absolute Gasteiger partial charge is 0.254 e. The van der Waals surface area contributed by atoms with E-state index >= 15 is 0 Å². The zero-order valence-corrected chi connectivity index (χ0v) is 14.7. The van der Waals surface area contributed by atoms with Gasteiger partial charge in [0.1, 0.15) is 0 Å². The lowest BCUT2D eigenvalue weighted by Gasteiger charge is -2.19. The second-order valence-electron chi connectivity index (χ2n) is 6.49. The number of hydrogen-bond donors (Lipinski definition) is 0. The summed E-state index contributed by atoms with van der Waals surface area (Å²) in [5.74, 6) is 0. The highest BCUT2D eigenvalue weighted by Gasteiger charge is 2.14. The molecule has 3 heteroatoms. The normalized spacial score (nSPS) is 11.8. The molecule has 0 saturated carbocycles. The van der Waals surface area contributed by atoms with Crippen LogP contribution in [0.25, 0.3) is 22.2 Å². The Labute approximate surface area is 139 Å². The number of pyridine rings is 2. The molecular formula is C19H19BrN2. The van der Waals surface area contributed by atoms with E-state index in [9.17, 15) is 0 Å². The summed E-state index contributed by atoms with van der Waals surface area (Å²) >= 11 is 3.52. The highest BCUT2D eigenvalue weighted by Crippen LogP contribution is 2.30. The molecule has 22 heavy (non-hydrogen) atoms. The molecule has 0 bridgehead atoms. The summed E-state index contributed by atoms with van der Waals surface area (Å²) in [4.78, 5) is 9.06. The van der Waals surface area contributed by atoms with Gasteiger partial charge in [0, 0.05) is 23.3 Å². The molecule has 2 heterocycles. The number of alkyl halides is 1. The Bertz CT molecular complexity index is 802. The standard InChI is InChI=1S/C19H19BrN2/c1-19(2,3)15-6-4-13(5-7-15)16-9-11-21-17-14(12-20)8-10-22-18(16)17/h4-11H,12H2,1-3H3. The molecule has 0 aliphatic heterocycles. The van der Waals surface area contributed by atoms with E-state index in [1.54, 1.807) is 0 Å². The van der Waals surface area contributed by atoms with Gasteiger partial charge in [-0.2, -0.15) is 0 Å². The highest BCUT2D eigenvalue weighted by molar-refractivity contribution is 9.08. The zero-order chi connectivity index (χ0) is 15.7. The second kappa shape index (κ2) is 5.81. The average molecular weight is 355 g/mol. The molecule has 0 radical (unpaired) electrons. The average Bonchev–Trinajstić information content (AvgIpc) is 2.53. The van der Waals surface area contributed by atoms with Gasteiger partial charge in [-0.25, -0.2) is 0 Å². The fraction of sp³-hybridized carbons (Fsp3) is 0.263. The molecule has 1 aromatic carbocycles. The van der Waals surface area contributed by atoms with Crippen molar-refractivity contribution in [2.24, 2.45) is 0 Å². The van der Waals surface area contributed by atoms with Gasteiger partial charge in [-0.1, -0.05) is 61.0 Å². The first-order chi connectivity index (χ1) is 10.5. The van der Waals surface area contributed by atoms with Crippen LogP contribution in [0.3, 0.4) is 0 Å². The van der Waals surface area contributed by atoms with Crippen molar-refractivity contribution in [3.05, 3.63) is 59.9 Å². The smallest absolute Gasteiger partial charge is 0.0968 e. The Balaban J connectivity index is 2.14. The SMILES string of the molecule is CC(C)(C)c1ccc(-c2ccnc3c(CBr)ccnc23)cc1. The summed E-state index contributed by atoms with van der Waals surface area (Å²) in [6, 6.07) is 12.8. The Morgan fingerprint density at radius 3 is 2.14 bits per heavy atom. The van der Waals surface area contributed by atoms with Crippen molar-refractivity contribution in [3.8, 4) is 11.1 Å². The van der Waals surface area contributed by atoms with Crippen LogP contribution in [0.2, 0.25) is 0 Å². The Morgan fingerprint density at radius 1 is 0.864 bits per heavy atom. The summed E-state index contributed by atoms with van der Waals surface area (Å²) in [6.45, 7) is 6.69. The molecule has 0 aliphatic carbocycles. The van der Waals surface area contributed by atoms with Crippen molar-refractivity contribution in [1.82, 2.24) is 9.97 Å². The minimum atomic E-state index is 0.167. The third-order valence-corrected chi connectivity index (χ3v) is 4.52. The van der Waals surface area contributed by atoms with E-state index < -0.39 is 0 Å². The Morgan fingerprint density at radius 2 is 1.50 bits per heavy atom. The third-order valence-electron chi connectivity index (χ3n) is 3.91. The highest BCUT2D eigenvalue weighted by atomic mass is 79.9. The monoisotopic (exact) mass is 354 g/mol. The number of halogens is 1. The number of rotatable bonds is 2. The maximum Gasteiger partial charge on any atom is 0.0968 e. The second-order valence-corrected chi connectivity index (χ2v) is 7.05. The van der Waals surface area contributed by atoms with Gasteiger partial charge in [0.25, 0.3) is 0 Å². The first-order valence-electron chi connectivity index (χ1n) is 7.40. The summed E-state index contributed by atoms with van der Waals surface area (Å²) < 4.78 is 0.